The molecule has 0 N–H and O–H groups in total. The molecule has 0 atom stereocenters. The molecule has 0 saturated carbocycles. The number of ether oxygens (including phenoxy) is 3. The summed E-state index contributed by atoms with van der Waals surface area (Å²) in [6.45, 7) is 6.19. The molecule has 3 aromatic rings. The average Bonchev–Trinajstić information content (AvgIpc) is 3.08. The van der Waals surface area contributed by atoms with Crippen LogP contribution in [0.5, 0.6) is 11.6 Å². The van der Waals surface area contributed by atoms with Crippen molar-refractivity contribution >= 4 is 17.7 Å². The first-order valence-corrected chi connectivity index (χ1v) is 9.66. The number of pyridine rings is 1. The molecule has 0 fully saturated rings. The van der Waals surface area contributed by atoms with Gasteiger partial charge in [-0.25, -0.2) is 4.79 Å². The number of hydrogen-bond acceptors (Lipinski definition) is 6. The number of esters is 1. The monoisotopic (exact) mass is 405 g/mol. The molecule has 0 saturated heterocycles. The van der Waals surface area contributed by atoms with Crippen LogP contribution >= 0.6 is 0 Å². The van der Waals surface area contributed by atoms with Crippen LogP contribution in [0.25, 0.3) is 11.7 Å². The van der Waals surface area contributed by atoms with Crippen molar-refractivity contribution < 1.29 is 19.0 Å². The first-order valence-electron chi connectivity index (χ1n) is 9.66. The lowest BCUT2D eigenvalue weighted by Crippen LogP contribution is -2.09. The quantitative estimate of drug-likeness (QED) is 0.318. The molecule has 0 aliphatic rings. The number of rotatable bonds is 8. The van der Waals surface area contributed by atoms with Gasteiger partial charge in [-0.05, 0) is 44.5 Å². The van der Waals surface area contributed by atoms with Crippen molar-refractivity contribution in [1.82, 2.24) is 9.38 Å². The summed E-state index contributed by atoms with van der Waals surface area (Å²) >= 11 is 0. The van der Waals surface area contributed by atoms with E-state index in [0.717, 1.165) is 5.56 Å². The van der Waals surface area contributed by atoms with Crippen molar-refractivity contribution in [2.45, 2.75) is 33.5 Å². The highest BCUT2D eigenvalue weighted by Crippen LogP contribution is 2.29. The lowest BCUT2D eigenvalue weighted by molar-refractivity contribution is -0.139. The molecule has 1 aromatic carbocycles. The number of hydrogen-bond donors (Lipinski definition) is 0. The fraction of sp³-hybridized carbons (Fsp3) is 0.261. The summed E-state index contributed by atoms with van der Waals surface area (Å²) in [5, 5.41) is 9.56. The summed E-state index contributed by atoms with van der Waals surface area (Å²) < 4.78 is 18.5. The molecule has 0 unspecified atom stereocenters. The van der Waals surface area contributed by atoms with E-state index in [4.69, 9.17) is 14.2 Å². The number of nitrogens with zero attached hydrogens (tertiary/aromatic N) is 3. The molecule has 2 aromatic heterocycles. The molecule has 0 bridgehead atoms. The van der Waals surface area contributed by atoms with Gasteiger partial charge >= 0.3 is 5.97 Å². The minimum Gasteiger partial charge on any atom is -0.490 e. The lowest BCUT2D eigenvalue weighted by Gasteiger charge is -2.08. The highest BCUT2D eigenvalue weighted by Gasteiger charge is 2.19. The highest BCUT2D eigenvalue weighted by atomic mass is 16.5. The molecule has 3 rings (SSSR count). The van der Waals surface area contributed by atoms with Crippen LogP contribution in [0.15, 0.2) is 54.2 Å². The number of carbonyl (C=O) groups excluding carboxylic acids is 1. The van der Waals surface area contributed by atoms with Crippen molar-refractivity contribution in [3.05, 3.63) is 65.5 Å². The Balaban J connectivity index is 1.97. The highest BCUT2D eigenvalue weighted by molar-refractivity contribution is 5.98. The minimum absolute atomic E-state index is 0.0791. The molecule has 0 radical (unpaired) electrons. The summed E-state index contributed by atoms with van der Waals surface area (Å²) in [5.74, 6) is 0.173. The predicted molar refractivity (Wildman–Crippen MR) is 112 cm³/mol. The Morgan fingerprint density at radius 2 is 2.00 bits per heavy atom. The third-order valence-electron chi connectivity index (χ3n) is 4.10. The van der Waals surface area contributed by atoms with Gasteiger partial charge in [-0.15, -0.1) is 0 Å². The number of aromatic nitrogens is 2. The first kappa shape index (κ1) is 20.9. The number of imidazole rings is 1. The standard InChI is InChI=1S/C23H23N3O4/c1-4-28-20-11-8-12-26-19(22(25-21(20)26)30-16(2)3)13-18(14-24)23(27)29-15-17-9-6-5-7-10-17/h5-13,16H,4,15H2,1-3H3. The zero-order chi connectivity index (χ0) is 21.5. The van der Waals surface area contributed by atoms with Crippen LogP contribution in [0, 0.1) is 11.3 Å². The summed E-state index contributed by atoms with van der Waals surface area (Å²) in [4.78, 5) is 17.0. The molecule has 0 aliphatic heterocycles. The summed E-state index contributed by atoms with van der Waals surface area (Å²) in [6, 6.07) is 14.8. The summed E-state index contributed by atoms with van der Waals surface area (Å²) in [7, 11) is 0. The number of fused-ring (bicyclic) bond motifs is 1. The van der Waals surface area contributed by atoms with E-state index in [1.165, 1.54) is 6.08 Å². The SMILES string of the molecule is CCOc1cccn2c(C=C(C#N)C(=O)OCc3ccccc3)c(OC(C)C)nc12. The number of benzene rings is 1. The lowest BCUT2D eigenvalue weighted by atomic mass is 10.2. The van der Waals surface area contributed by atoms with Gasteiger partial charge in [-0.3, -0.25) is 4.40 Å². The molecule has 7 heteroatoms. The Kier molecular flexibility index (Phi) is 6.71. The Morgan fingerprint density at radius 3 is 2.67 bits per heavy atom. The van der Waals surface area contributed by atoms with E-state index >= 15 is 0 Å². The molecule has 7 nitrogen and oxygen atoms in total. The Labute approximate surface area is 175 Å². The van der Waals surface area contributed by atoms with E-state index in [1.54, 1.807) is 22.7 Å². The molecular weight excluding hydrogens is 382 g/mol. The molecule has 0 amide bonds. The Morgan fingerprint density at radius 1 is 1.23 bits per heavy atom. The summed E-state index contributed by atoms with van der Waals surface area (Å²) in [5.41, 5.74) is 1.69. The largest absolute Gasteiger partial charge is 0.490 e. The number of carbonyl (C=O) groups is 1. The van der Waals surface area contributed by atoms with Crippen LogP contribution in [0.1, 0.15) is 32.0 Å². The topological polar surface area (TPSA) is 85.9 Å². The predicted octanol–water partition coefficient (Wildman–Crippen LogP) is 4.17. The molecular formula is C23H23N3O4. The zero-order valence-corrected chi connectivity index (χ0v) is 17.2. The minimum atomic E-state index is -0.715. The van der Waals surface area contributed by atoms with Crippen LogP contribution in [0.2, 0.25) is 0 Å². The normalized spacial score (nSPS) is 11.4. The molecule has 154 valence electrons. The second-order valence-corrected chi connectivity index (χ2v) is 6.70. The van der Waals surface area contributed by atoms with Gasteiger partial charge in [0.1, 0.15) is 23.9 Å². The van der Waals surface area contributed by atoms with E-state index in [1.807, 2.05) is 57.2 Å². The van der Waals surface area contributed by atoms with Gasteiger partial charge in [-0.1, -0.05) is 30.3 Å². The van der Waals surface area contributed by atoms with Crippen LogP contribution in [0.3, 0.4) is 0 Å². The maximum Gasteiger partial charge on any atom is 0.349 e. The van der Waals surface area contributed by atoms with Crippen molar-refractivity contribution in [2.24, 2.45) is 0 Å². The summed E-state index contributed by atoms with van der Waals surface area (Å²) in [6.07, 6.45) is 3.06. The average molecular weight is 405 g/mol. The van der Waals surface area contributed by atoms with E-state index in [-0.39, 0.29) is 18.3 Å². The second kappa shape index (κ2) is 9.61. The van der Waals surface area contributed by atoms with E-state index < -0.39 is 5.97 Å². The van der Waals surface area contributed by atoms with Crippen molar-refractivity contribution in [2.75, 3.05) is 6.61 Å². The van der Waals surface area contributed by atoms with Crippen molar-refractivity contribution in [1.29, 1.82) is 5.26 Å². The third-order valence-corrected chi connectivity index (χ3v) is 4.10. The van der Waals surface area contributed by atoms with Crippen molar-refractivity contribution in [3.8, 4) is 17.7 Å². The van der Waals surface area contributed by atoms with Gasteiger partial charge in [0, 0.05) is 6.20 Å². The molecule has 0 spiro atoms. The zero-order valence-electron chi connectivity index (χ0n) is 17.2. The van der Waals surface area contributed by atoms with Gasteiger partial charge in [0.15, 0.2) is 11.4 Å². The Hall–Kier alpha value is -3.79. The van der Waals surface area contributed by atoms with E-state index in [9.17, 15) is 10.1 Å². The smallest absolute Gasteiger partial charge is 0.349 e. The van der Waals surface area contributed by atoms with Crippen LogP contribution in [0.4, 0.5) is 0 Å². The second-order valence-electron chi connectivity index (χ2n) is 6.70. The fourth-order valence-corrected chi connectivity index (χ4v) is 2.82. The number of nitriles is 1. The van der Waals surface area contributed by atoms with E-state index in [2.05, 4.69) is 4.98 Å². The van der Waals surface area contributed by atoms with E-state index in [0.29, 0.717) is 29.6 Å². The van der Waals surface area contributed by atoms with Crippen LogP contribution in [-0.4, -0.2) is 28.1 Å². The van der Waals surface area contributed by atoms with Gasteiger partial charge in [-0.2, -0.15) is 10.2 Å². The van der Waals surface area contributed by atoms with Gasteiger partial charge in [0.2, 0.25) is 5.88 Å². The van der Waals surface area contributed by atoms with Crippen molar-refractivity contribution in [3.63, 3.8) is 0 Å². The van der Waals surface area contributed by atoms with Gasteiger partial charge in [0.05, 0.1) is 12.7 Å². The molecule has 0 aliphatic carbocycles. The van der Waals surface area contributed by atoms with Gasteiger partial charge < -0.3 is 14.2 Å². The maximum atomic E-state index is 12.5. The fourth-order valence-electron chi connectivity index (χ4n) is 2.82. The third kappa shape index (κ3) is 4.78. The van der Waals surface area contributed by atoms with Gasteiger partial charge in [0.25, 0.3) is 0 Å². The molecule has 30 heavy (non-hydrogen) atoms. The maximum absolute atomic E-state index is 12.5. The first-order chi connectivity index (χ1) is 14.5. The molecule has 2 heterocycles. The Bertz CT molecular complexity index is 1090. The van der Waals surface area contributed by atoms with Crippen LogP contribution < -0.4 is 9.47 Å². The van der Waals surface area contributed by atoms with Crippen LogP contribution in [-0.2, 0) is 16.1 Å².